The Morgan fingerprint density at radius 2 is 1.95 bits per heavy atom. The lowest BCUT2D eigenvalue weighted by Gasteiger charge is -2.28. The highest BCUT2D eigenvalue weighted by atomic mass is 16.3. The van der Waals surface area contributed by atoms with E-state index in [0.29, 0.717) is 5.56 Å². The van der Waals surface area contributed by atoms with Crippen LogP contribution in [-0.4, -0.2) is 11.8 Å². The number of nitrogens with one attached hydrogen (secondary N) is 1. The van der Waals surface area contributed by atoms with Crippen molar-refractivity contribution >= 4 is 11.8 Å². The first kappa shape index (κ1) is 13.9. The molecule has 20 heavy (non-hydrogen) atoms. The van der Waals surface area contributed by atoms with Crippen LogP contribution in [-0.2, 0) is 21.5 Å². The van der Waals surface area contributed by atoms with E-state index in [1.807, 2.05) is 6.07 Å². The number of hydrogen-bond acceptors (Lipinski definition) is 3. The number of benzene rings is 1. The number of amides is 2. The number of carbonyl (C=O) groups is 2. The Kier molecular flexibility index (Phi) is 3.89. The van der Waals surface area contributed by atoms with E-state index in [-0.39, 0.29) is 12.3 Å². The minimum atomic E-state index is -1.23. The molecule has 0 fully saturated rings. The highest BCUT2D eigenvalue weighted by molar-refractivity contribution is 5.91. The molecule has 1 unspecified atom stereocenters. The molecule has 0 aliphatic carbocycles. The molecule has 0 spiro atoms. The van der Waals surface area contributed by atoms with Crippen LogP contribution in [0.5, 0.6) is 0 Å². The molecule has 1 heterocycles. The highest BCUT2D eigenvalue weighted by Crippen LogP contribution is 2.20. The largest absolute Gasteiger partial charge is 0.472 e. The number of furan rings is 1. The molecule has 104 valence electrons. The standard InChI is InChI=1S/C15H16N2O3/c1-15(14(16)19,12-5-3-2-4-6-12)17-13(18)9-11-7-8-20-10-11/h2-8,10H,9H2,1H3,(H2,16,19)(H,17,18). The Hall–Kier alpha value is -2.56. The number of hydrogen-bond donors (Lipinski definition) is 2. The lowest BCUT2D eigenvalue weighted by molar-refractivity contribution is -0.131. The van der Waals surface area contributed by atoms with E-state index in [9.17, 15) is 9.59 Å². The summed E-state index contributed by atoms with van der Waals surface area (Å²) in [6.07, 6.45) is 3.11. The molecular weight excluding hydrogens is 256 g/mol. The van der Waals surface area contributed by atoms with Crippen LogP contribution >= 0.6 is 0 Å². The van der Waals surface area contributed by atoms with E-state index >= 15 is 0 Å². The van der Waals surface area contributed by atoms with Crippen molar-refractivity contribution in [2.24, 2.45) is 5.73 Å². The SMILES string of the molecule is CC(NC(=O)Cc1ccoc1)(C(N)=O)c1ccccc1. The number of carbonyl (C=O) groups excluding carboxylic acids is 2. The molecule has 5 heteroatoms. The van der Waals surface area contributed by atoms with Crippen molar-refractivity contribution in [3.05, 3.63) is 60.1 Å². The summed E-state index contributed by atoms with van der Waals surface area (Å²) in [6.45, 7) is 1.60. The molecule has 0 aliphatic rings. The van der Waals surface area contributed by atoms with Gasteiger partial charge in [0.25, 0.3) is 0 Å². The van der Waals surface area contributed by atoms with Gasteiger partial charge in [0.15, 0.2) is 0 Å². The van der Waals surface area contributed by atoms with Gasteiger partial charge in [0, 0.05) is 0 Å². The lowest BCUT2D eigenvalue weighted by Crippen LogP contribution is -2.53. The second kappa shape index (κ2) is 5.61. The van der Waals surface area contributed by atoms with Crippen LogP contribution in [0.3, 0.4) is 0 Å². The second-order valence-corrected chi connectivity index (χ2v) is 4.71. The first-order chi connectivity index (χ1) is 9.52. The quantitative estimate of drug-likeness (QED) is 0.861. The summed E-state index contributed by atoms with van der Waals surface area (Å²) in [5.74, 6) is -0.902. The summed E-state index contributed by atoms with van der Waals surface area (Å²) in [6, 6.07) is 10.6. The molecule has 0 radical (unpaired) electrons. The van der Waals surface area contributed by atoms with Gasteiger partial charge in [-0.25, -0.2) is 0 Å². The minimum Gasteiger partial charge on any atom is -0.472 e. The van der Waals surface area contributed by atoms with E-state index in [0.717, 1.165) is 5.56 Å². The summed E-state index contributed by atoms with van der Waals surface area (Å²) in [4.78, 5) is 23.8. The molecule has 2 rings (SSSR count). The zero-order valence-electron chi connectivity index (χ0n) is 11.1. The number of nitrogens with two attached hydrogens (primary N) is 1. The maximum absolute atomic E-state index is 12.0. The molecular formula is C15H16N2O3. The number of primary amides is 1. The molecule has 1 aromatic carbocycles. The van der Waals surface area contributed by atoms with Gasteiger partial charge in [-0.1, -0.05) is 30.3 Å². The molecule has 1 atom stereocenters. The zero-order valence-corrected chi connectivity index (χ0v) is 11.1. The number of rotatable bonds is 5. The van der Waals surface area contributed by atoms with Gasteiger partial charge in [-0.2, -0.15) is 0 Å². The monoisotopic (exact) mass is 272 g/mol. The summed E-state index contributed by atoms with van der Waals surface area (Å²) in [7, 11) is 0. The van der Waals surface area contributed by atoms with Crippen LogP contribution in [0.2, 0.25) is 0 Å². The maximum Gasteiger partial charge on any atom is 0.247 e. The predicted octanol–water partition coefficient (Wildman–Crippen LogP) is 1.34. The third-order valence-corrected chi connectivity index (χ3v) is 3.18. The topological polar surface area (TPSA) is 85.3 Å². The van der Waals surface area contributed by atoms with Gasteiger partial charge in [-0.05, 0) is 24.1 Å². The fraction of sp³-hybridized carbons (Fsp3) is 0.200. The summed E-state index contributed by atoms with van der Waals surface area (Å²) >= 11 is 0. The average molecular weight is 272 g/mol. The lowest BCUT2D eigenvalue weighted by atomic mass is 9.91. The third kappa shape index (κ3) is 2.88. The first-order valence-electron chi connectivity index (χ1n) is 6.20. The van der Waals surface area contributed by atoms with Crippen molar-refractivity contribution < 1.29 is 14.0 Å². The highest BCUT2D eigenvalue weighted by Gasteiger charge is 2.34. The first-order valence-corrected chi connectivity index (χ1v) is 6.20. The fourth-order valence-corrected chi connectivity index (χ4v) is 1.95. The van der Waals surface area contributed by atoms with Crippen LogP contribution in [0, 0.1) is 0 Å². The van der Waals surface area contributed by atoms with E-state index in [2.05, 4.69) is 5.32 Å². The van der Waals surface area contributed by atoms with Crippen LogP contribution in [0.4, 0.5) is 0 Å². The third-order valence-electron chi connectivity index (χ3n) is 3.18. The molecule has 2 aromatic rings. The van der Waals surface area contributed by atoms with Crippen molar-refractivity contribution in [3.63, 3.8) is 0 Å². The van der Waals surface area contributed by atoms with Gasteiger partial charge in [0.05, 0.1) is 18.9 Å². The predicted molar refractivity (Wildman–Crippen MR) is 73.5 cm³/mol. The zero-order chi connectivity index (χ0) is 14.6. The van der Waals surface area contributed by atoms with Crippen LogP contribution in [0.15, 0.2) is 53.3 Å². The van der Waals surface area contributed by atoms with Crippen molar-refractivity contribution in [1.29, 1.82) is 0 Å². The Bertz CT molecular complexity index is 593. The van der Waals surface area contributed by atoms with Gasteiger partial charge in [0.1, 0.15) is 5.54 Å². The van der Waals surface area contributed by atoms with Crippen LogP contribution < -0.4 is 11.1 Å². The molecule has 0 saturated carbocycles. The summed E-state index contributed by atoms with van der Waals surface area (Å²) < 4.78 is 4.91. The summed E-state index contributed by atoms with van der Waals surface area (Å²) in [5.41, 5.74) is 5.60. The Labute approximate surface area is 116 Å². The van der Waals surface area contributed by atoms with Crippen LogP contribution in [0.1, 0.15) is 18.1 Å². The molecule has 0 aliphatic heterocycles. The Morgan fingerprint density at radius 3 is 2.50 bits per heavy atom. The van der Waals surface area contributed by atoms with Gasteiger partial charge in [0.2, 0.25) is 11.8 Å². The van der Waals surface area contributed by atoms with Gasteiger partial charge in [-0.3, -0.25) is 9.59 Å². The molecule has 0 bridgehead atoms. The molecule has 3 N–H and O–H groups in total. The van der Waals surface area contributed by atoms with Crippen molar-refractivity contribution in [1.82, 2.24) is 5.32 Å². The smallest absolute Gasteiger partial charge is 0.247 e. The van der Waals surface area contributed by atoms with Gasteiger partial charge >= 0.3 is 0 Å². The molecule has 0 saturated heterocycles. The molecule has 1 aromatic heterocycles. The maximum atomic E-state index is 12.0. The average Bonchev–Trinajstić information content (AvgIpc) is 2.92. The van der Waals surface area contributed by atoms with Crippen LogP contribution in [0.25, 0.3) is 0 Å². The van der Waals surface area contributed by atoms with E-state index in [1.165, 1.54) is 12.5 Å². The van der Waals surface area contributed by atoms with E-state index in [1.54, 1.807) is 37.3 Å². The minimum absolute atomic E-state index is 0.131. The van der Waals surface area contributed by atoms with Crippen molar-refractivity contribution in [3.8, 4) is 0 Å². The van der Waals surface area contributed by atoms with Crippen molar-refractivity contribution in [2.75, 3.05) is 0 Å². The normalized spacial score (nSPS) is 13.4. The molecule has 5 nitrogen and oxygen atoms in total. The van der Waals surface area contributed by atoms with E-state index < -0.39 is 11.4 Å². The Morgan fingerprint density at radius 1 is 1.25 bits per heavy atom. The Balaban J connectivity index is 2.18. The van der Waals surface area contributed by atoms with Gasteiger partial charge < -0.3 is 15.5 Å². The fourth-order valence-electron chi connectivity index (χ4n) is 1.95. The van der Waals surface area contributed by atoms with E-state index in [4.69, 9.17) is 10.2 Å². The van der Waals surface area contributed by atoms with Gasteiger partial charge in [-0.15, -0.1) is 0 Å². The van der Waals surface area contributed by atoms with Crippen molar-refractivity contribution in [2.45, 2.75) is 18.9 Å². The second-order valence-electron chi connectivity index (χ2n) is 4.71. The summed E-state index contributed by atoms with van der Waals surface area (Å²) in [5, 5.41) is 2.69. The molecule has 2 amide bonds.